The lowest BCUT2D eigenvalue weighted by Crippen LogP contribution is -2.41. The molecule has 1 fully saturated rings. The molecule has 4 rings (SSSR count). The van der Waals surface area contributed by atoms with Crippen molar-refractivity contribution in [1.82, 2.24) is 24.8 Å². The molecule has 1 aliphatic heterocycles. The molecule has 3 aromatic heterocycles. The average molecular weight is 523 g/mol. The zero-order valence-corrected chi connectivity index (χ0v) is 23.4. The molecule has 9 nitrogen and oxygen atoms in total. The van der Waals surface area contributed by atoms with Crippen LogP contribution < -0.4 is 9.88 Å². The van der Waals surface area contributed by atoms with E-state index in [4.69, 9.17) is 9.72 Å². The van der Waals surface area contributed by atoms with Crippen LogP contribution in [0.15, 0.2) is 36.7 Å². The van der Waals surface area contributed by atoms with Gasteiger partial charge < -0.3 is 9.64 Å². The third-order valence-corrected chi connectivity index (χ3v) is 7.00. The molecule has 4 heterocycles. The lowest BCUT2D eigenvalue weighted by atomic mass is 10.1. The maximum atomic E-state index is 13.6. The number of amides is 1. The largest absolute Gasteiger partial charge is 0.379 e. The summed E-state index contributed by atoms with van der Waals surface area (Å²) in [7, 11) is 0. The number of carbonyl (C=O) groups is 1. The van der Waals surface area contributed by atoms with Crippen molar-refractivity contribution in [3.63, 3.8) is 0 Å². The molecule has 206 valence electrons. The van der Waals surface area contributed by atoms with Gasteiger partial charge in [-0.25, -0.2) is 4.57 Å². The Bertz CT molecular complexity index is 1140. The maximum Gasteiger partial charge on any atom is 0.319 e. The summed E-state index contributed by atoms with van der Waals surface area (Å²) in [4.78, 5) is 30.7. The van der Waals surface area contributed by atoms with E-state index in [1.807, 2.05) is 29.2 Å². The fraction of sp³-hybridized carbons (Fsp3) is 0.586. The van der Waals surface area contributed by atoms with Crippen molar-refractivity contribution in [3.8, 4) is 0 Å². The van der Waals surface area contributed by atoms with Crippen molar-refractivity contribution in [2.24, 2.45) is 11.8 Å². The Hall–Kier alpha value is -3.04. The number of nitrogens with zero attached hydrogens (tertiary/aromatic N) is 5. The van der Waals surface area contributed by atoms with Gasteiger partial charge in [-0.05, 0) is 55.4 Å². The number of imidazole rings is 1. The van der Waals surface area contributed by atoms with Crippen LogP contribution in [0.1, 0.15) is 57.4 Å². The van der Waals surface area contributed by atoms with Crippen LogP contribution in [0.4, 0.5) is 11.6 Å². The Kier molecular flexibility index (Phi) is 10.1. The summed E-state index contributed by atoms with van der Waals surface area (Å²) in [5.74, 6) is 1.93. The van der Waals surface area contributed by atoms with E-state index in [2.05, 4.69) is 52.4 Å². The molecular formula is C29H44N7O2+. The van der Waals surface area contributed by atoms with Crippen LogP contribution in [0.3, 0.4) is 0 Å². The Balaban J connectivity index is 1.60. The smallest absolute Gasteiger partial charge is 0.319 e. The number of hydrogen-bond acceptors (Lipinski definition) is 6. The molecule has 0 bridgehead atoms. The topological polar surface area (TPSA) is 90.3 Å². The second-order valence-corrected chi connectivity index (χ2v) is 11.0. The van der Waals surface area contributed by atoms with E-state index < -0.39 is 0 Å². The summed E-state index contributed by atoms with van der Waals surface area (Å²) in [5, 5.41) is 3.46. The Morgan fingerprint density at radius 1 is 1.13 bits per heavy atom. The quantitative estimate of drug-likeness (QED) is 0.326. The number of nitrogens with one attached hydrogen (secondary N) is 2. The van der Waals surface area contributed by atoms with Crippen LogP contribution in [-0.2, 0) is 11.3 Å². The third kappa shape index (κ3) is 7.74. The summed E-state index contributed by atoms with van der Waals surface area (Å²) in [5.41, 5.74) is 3.08. The highest BCUT2D eigenvalue weighted by Crippen LogP contribution is 2.18. The molecule has 9 heteroatoms. The molecule has 0 atom stereocenters. The maximum absolute atomic E-state index is 13.6. The lowest BCUT2D eigenvalue weighted by molar-refractivity contribution is -0.659. The van der Waals surface area contributed by atoms with Gasteiger partial charge in [-0.15, -0.1) is 4.98 Å². The van der Waals surface area contributed by atoms with E-state index >= 15 is 0 Å². The van der Waals surface area contributed by atoms with Crippen molar-refractivity contribution in [2.75, 3.05) is 51.3 Å². The van der Waals surface area contributed by atoms with Gasteiger partial charge in [0.15, 0.2) is 11.2 Å². The summed E-state index contributed by atoms with van der Waals surface area (Å²) in [6.07, 6.45) is 6.49. The number of aromatic nitrogens is 4. The van der Waals surface area contributed by atoms with Gasteiger partial charge in [0.05, 0.1) is 26.0 Å². The number of hydrogen-bond donors (Lipinski definition) is 2. The number of H-pyrrole nitrogens is 1. The highest BCUT2D eigenvalue weighted by atomic mass is 16.5. The molecule has 2 N–H and O–H groups in total. The van der Waals surface area contributed by atoms with Gasteiger partial charge in [-0.3, -0.25) is 25.0 Å². The number of fused-ring (bicyclic) bond motifs is 1. The van der Waals surface area contributed by atoms with E-state index in [0.29, 0.717) is 17.5 Å². The molecule has 1 saturated heterocycles. The number of rotatable bonds is 13. The Morgan fingerprint density at radius 2 is 1.87 bits per heavy atom. The van der Waals surface area contributed by atoms with Gasteiger partial charge in [0.25, 0.3) is 11.6 Å². The fourth-order valence-corrected chi connectivity index (χ4v) is 4.64. The zero-order valence-electron chi connectivity index (χ0n) is 23.4. The van der Waals surface area contributed by atoms with E-state index in [1.165, 1.54) is 0 Å². The highest BCUT2D eigenvalue weighted by molar-refractivity contribution is 5.94. The van der Waals surface area contributed by atoms with E-state index in [9.17, 15) is 4.79 Å². The van der Waals surface area contributed by atoms with Crippen molar-refractivity contribution in [1.29, 1.82) is 0 Å². The van der Waals surface area contributed by atoms with Crippen LogP contribution >= 0.6 is 0 Å². The number of anilines is 2. The fourth-order valence-electron chi connectivity index (χ4n) is 4.64. The molecule has 0 saturated carbocycles. The van der Waals surface area contributed by atoms with Gasteiger partial charge in [-0.1, -0.05) is 27.7 Å². The number of carbonyl (C=O) groups excluding carboxylic acids is 1. The molecule has 1 aliphatic rings. The minimum absolute atomic E-state index is 0.0102. The highest BCUT2D eigenvalue weighted by Gasteiger charge is 2.24. The van der Waals surface area contributed by atoms with Crippen molar-refractivity contribution in [3.05, 3.63) is 42.4 Å². The predicted octanol–water partition coefficient (Wildman–Crippen LogP) is 4.25. The van der Waals surface area contributed by atoms with Gasteiger partial charge in [0, 0.05) is 38.9 Å². The molecule has 0 radical (unpaired) electrons. The van der Waals surface area contributed by atoms with Crippen molar-refractivity contribution in [2.45, 2.75) is 53.5 Å². The molecule has 0 unspecified atom stereocenters. The molecule has 1 amide bonds. The average Bonchev–Trinajstić information content (AvgIpc) is 3.25. The first-order valence-corrected chi connectivity index (χ1v) is 14.1. The minimum Gasteiger partial charge on any atom is -0.379 e. The summed E-state index contributed by atoms with van der Waals surface area (Å²) < 4.78 is 7.66. The third-order valence-electron chi connectivity index (χ3n) is 7.00. The number of aryl methyl sites for hydroxylation is 1. The van der Waals surface area contributed by atoms with E-state index in [1.54, 1.807) is 12.4 Å². The first-order chi connectivity index (χ1) is 18.4. The first kappa shape index (κ1) is 28.0. The van der Waals surface area contributed by atoms with E-state index in [0.717, 1.165) is 94.5 Å². The number of morpholine rings is 1. The van der Waals surface area contributed by atoms with Crippen LogP contribution in [0.5, 0.6) is 0 Å². The Labute approximate surface area is 226 Å². The van der Waals surface area contributed by atoms with E-state index in [-0.39, 0.29) is 5.91 Å². The Morgan fingerprint density at radius 3 is 2.53 bits per heavy atom. The lowest BCUT2D eigenvalue weighted by Gasteiger charge is -2.26. The monoisotopic (exact) mass is 522 g/mol. The summed E-state index contributed by atoms with van der Waals surface area (Å²) >= 11 is 0. The molecule has 38 heavy (non-hydrogen) atoms. The number of ether oxygens (including phenoxy) is 1. The summed E-state index contributed by atoms with van der Waals surface area (Å²) in [6, 6.07) is 7.72. The molecule has 3 aromatic rings. The van der Waals surface area contributed by atoms with Crippen LogP contribution in [-0.4, -0.2) is 76.6 Å². The predicted molar refractivity (Wildman–Crippen MR) is 150 cm³/mol. The van der Waals surface area contributed by atoms with Gasteiger partial charge in [0.1, 0.15) is 5.69 Å². The molecule has 0 aliphatic carbocycles. The molecule has 0 aromatic carbocycles. The van der Waals surface area contributed by atoms with Gasteiger partial charge in [-0.2, -0.15) is 0 Å². The molecular weight excluding hydrogens is 478 g/mol. The zero-order chi connectivity index (χ0) is 26.9. The van der Waals surface area contributed by atoms with Crippen LogP contribution in [0, 0.1) is 11.8 Å². The SMILES string of the molecule is CC(C)CCN(CCC(C)C)C(=O)c1ccc2[nH]c(Nc3cccnc3)[n+](CCCN3CCOCC3)c2n1. The second kappa shape index (κ2) is 13.7. The first-order valence-electron chi connectivity index (χ1n) is 14.1. The minimum atomic E-state index is 0.0102. The van der Waals surface area contributed by atoms with Crippen LogP contribution in [0.25, 0.3) is 11.2 Å². The summed E-state index contributed by atoms with van der Waals surface area (Å²) in [6.45, 7) is 15.6. The van der Waals surface area contributed by atoms with Crippen molar-refractivity contribution < 1.29 is 14.1 Å². The van der Waals surface area contributed by atoms with Gasteiger partial charge in [0.2, 0.25) is 0 Å². The second-order valence-electron chi connectivity index (χ2n) is 11.0. The normalized spacial score (nSPS) is 14.5. The number of pyridine rings is 2. The van der Waals surface area contributed by atoms with Gasteiger partial charge >= 0.3 is 5.95 Å². The van der Waals surface area contributed by atoms with Crippen molar-refractivity contribution >= 4 is 28.7 Å². The van der Waals surface area contributed by atoms with Crippen LogP contribution in [0.2, 0.25) is 0 Å². The number of aromatic amines is 1. The standard InChI is InChI=1S/C29H43N7O2/c1-22(2)10-15-35(16-11-23(3)4)28(37)26-9-8-25-27(32-26)36(14-6-13-34-17-19-38-20-18-34)29(33-25)31-24-7-5-12-30-21-24/h5,7-9,12,21-23H,6,10-11,13-20H2,1-4H3,(H,31,33,37)/p+1. The molecule has 0 spiro atoms.